The minimum absolute atomic E-state index is 0.308. The van der Waals surface area contributed by atoms with Crippen LogP contribution in [0.15, 0.2) is 30.3 Å². The summed E-state index contributed by atoms with van der Waals surface area (Å²) < 4.78 is 1.02. The number of alkyl halides is 1. The Bertz CT molecular complexity index is 383. The molecule has 0 radical (unpaired) electrons. The highest BCUT2D eigenvalue weighted by Crippen LogP contribution is 2.09. The number of halogens is 1. The van der Waals surface area contributed by atoms with E-state index in [0.717, 1.165) is 37.2 Å². The molecule has 0 aromatic heterocycles. The van der Waals surface area contributed by atoms with E-state index >= 15 is 0 Å². The number of amides is 1. The van der Waals surface area contributed by atoms with Crippen molar-refractivity contribution in [3.8, 4) is 0 Å². The predicted molar refractivity (Wildman–Crippen MR) is 81.8 cm³/mol. The Morgan fingerprint density at radius 3 is 2.61 bits per heavy atom. The highest BCUT2D eigenvalue weighted by atomic mass is 127. The third kappa shape index (κ3) is 3.95. The number of nitrogens with zero attached hydrogens (tertiary/aromatic N) is 2. The number of hydrogen-bond acceptors (Lipinski definition) is 2. The molecule has 1 fully saturated rings. The lowest BCUT2D eigenvalue weighted by atomic mass is 10.2. The Kier molecular flexibility index (Phi) is 5.44. The van der Waals surface area contributed by atoms with Gasteiger partial charge in [0.15, 0.2) is 0 Å². The molecule has 0 saturated carbocycles. The van der Waals surface area contributed by atoms with Crippen molar-refractivity contribution in [3.05, 3.63) is 35.9 Å². The van der Waals surface area contributed by atoms with Gasteiger partial charge < -0.3 is 4.90 Å². The van der Waals surface area contributed by atoms with Crippen molar-refractivity contribution in [2.24, 2.45) is 0 Å². The van der Waals surface area contributed by atoms with Crippen LogP contribution in [0.1, 0.15) is 12.0 Å². The van der Waals surface area contributed by atoms with E-state index in [4.69, 9.17) is 0 Å². The Hall–Kier alpha value is -0.620. The van der Waals surface area contributed by atoms with Gasteiger partial charge in [0.2, 0.25) is 5.91 Å². The summed E-state index contributed by atoms with van der Waals surface area (Å²) in [5, 5.41) is 0. The van der Waals surface area contributed by atoms with Crippen molar-refractivity contribution in [1.82, 2.24) is 9.80 Å². The van der Waals surface area contributed by atoms with Crippen LogP contribution in [0.4, 0.5) is 0 Å². The van der Waals surface area contributed by atoms with Crippen LogP contribution in [0.25, 0.3) is 0 Å². The van der Waals surface area contributed by atoms with Gasteiger partial charge in [0.1, 0.15) is 0 Å². The molecule has 3 nitrogen and oxygen atoms in total. The number of benzene rings is 1. The van der Waals surface area contributed by atoms with Crippen molar-refractivity contribution in [3.63, 3.8) is 0 Å². The smallest absolute Gasteiger partial charge is 0.223 e. The number of rotatable bonds is 4. The molecule has 0 N–H and O–H groups in total. The molecule has 1 aromatic carbocycles. The van der Waals surface area contributed by atoms with Crippen molar-refractivity contribution in [2.75, 3.05) is 30.6 Å². The summed E-state index contributed by atoms with van der Waals surface area (Å²) in [5.74, 6) is 0.308. The van der Waals surface area contributed by atoms with E-state index in [1.54, 1.807) is 0 Å². The molecule has 1 aromatic rings. The summed E-state index contributed by atoms with van der Waals surface area (Å²) in [7, 11) is 0. The standard InChI is InChI=1S/C14H19IN2O/c15-7-9-17-11-10-16(8-6-14(17)18)12-13-4-2-1-3-5-13/h1-5H,6-12H2. The first-order valence-corrected chi connectivity index (χ1v) is 7.92. The van der Waals surface area contributed by atoms with Gasteiger partial charge in [-0.15, -0.1) is 0 Å². The molecule has 0 bridgehead atoms. The lowest BCUT2D eigenvalue weighted by Gasteiger charge is -2.21. The molecule has 1 aliphatic heterocycles. The topological polar surface area (TPSA) is 23.6 Å². The van der Waals surface area contributed by atoms with Crippen LogP contribution < -0.4 is 0 Å². The fraction of sp³-hybridized carbons (Fsp3) is 0.500. The maximum Gasteiger partial charge on any atom is 0.223 e. The van der Waals surface area contributed by atoms with Crippen LogP contribution in [0.3, 0.4) is 0 Å². The van der Waals surface area contributed by atoms with Gasteiger partial charge in [0.25, 0.3) is 0 Å². The zero-order valence-electron chi connectivity index (χ0n) is 10.5. The molecule has 2 rings (SSSR count). The van der Waals surface area contributed by atoms with Crippen LogP contribution in [-0.2, 0) is 11.3 Å². The molecule has 98 valence electrons. The van der Waals surface area contributed by atoms with Gasteiger partial charge in [0.05, 0.1) is 0 Å². The molecule has 1 amide bonds. The van der Waals surface area contributed by atoms with E-state index in [9.17, 15) is 4.79 Å². The summed E-state index contributed by atoms with van der Waals surface area (Å²) in [5.41, 5.74) is 1.33. The van der Waals surface area contributed by atoms with Gasteiger partial charge in [0, 0.05) is 43.6 Å². The molecule has 1 saturated heterocycles. The molecule has 0 atom stereocenters. The molecule has 0 unspecified atom stereocenters. The van der Waals surface area contributed by atoms with Crippen LogP contribution in [0.5, 0.6) is 0 Å². The van der Waals surface area contributed by atoms with Gasteiger partial charge in [-0.3, -0.25) is 9.69 Å². The Balaban J connectivity index is 1.90. The second-order valence-electron chi connectivity index (χ2n) is 4.58. The quantitative estimate of drug-likeness (QED) is 0.608. The first-order valence-electron chi connectivity index (χ1n) is 6.39. The van der Waals surface area contributed by atoms with Crippen molar-refractivity contribution in [1.29, 1.82) is 0 Å². The normalized spacial score (nSPS) is 17.8. The van der Waals surface area contributed by atoms with Crippen LogP contribution in [0.2, 0.25) is 0 Å². The summed E-state index contributed by atoms with van der Waals surface area (Å²) >= 11 is 2.33. The second kappa shape index (κ2) is 7.09. The first-order chi connectivity index (χ1) is 8.79. The minimum Gasteiger partial charge on any atom is -0.341 e. The third-order valence-corrected chi connectivity index (χ3v) is 3.77. The maximum absolute atomic E-state index is 11.9. The fourth-order valence-electron chi connectivity index (χ4n) is 2.25. The van der Waals surface area contributed by atoms with Gasteiger partial charge in [-0.1, -0.05) is 52.9 Å². The van der Waals surface area contributed by atoms with Crippen LogP contribution in [-0.4, -0.2) is 46.3 Å². The van der Waals surface area contributed by atoms with E-state index in [1.807, 2.05) is 11.0 Å². The molecule has 18 heavy (non-hydrogen) atoms. The first kappa shape index (κ1) is 13.8. The molecule has 1 heterocycles. The van der Waals surface area contributed by atoms with E-state index < -0.39 is 0 Å². The zero-order valence-corrected chi connectivity index (χ0v) is 12.7. The van der Waals surface area contributed by atoms with Gasteiger partial charge >= 0.3 is 0 Å². The summed E-state index contributed by atoms with van der Waals surface area (Å²) in [6, 6.07) is 10.5. The van der Waals surface area contributed by atoms with E-state index in [1.165, 1.54) is 5.56 Å². The lowest BCUT2D eigenvalue weighted by molar-refractivity contribution is -0.130. The Labute approximate surface area is 122 Å². The Morgan fingerprint density at radius 1 is 1.11 bits per heavy atom. The van der Waals surface area contributed by atoms with Crippen LogP contribution >= 0.6 is 22.6 Å². The fourth-order valence-corrected chi connectivity index (χ4v) is 2.83. The average molecular weight is 358 g/mol. The highest BCUT2D eigenvalue weighted by Gasteiger charge is 2.19. The highest BCUT2D eigenvalue weighted by molar-refractivity contribution is 14.1. The Morgan fingerprint density at radius 2 is 1.89 bits per heavy atom. The summed E-state index contributed by atoms with van der Waals surface area (Å²) in [6.07, 6.45) is 0.656. The maximum atomic E-state index is 11.9. The van der Waals surface area contributed by atoms with Gasteiger partial charge in [-0.25, -0.2) is 0 Å². The molecule has 1 aliphatic rings. The second-order valence-corrected chi connectivity index (χ2v) is 5.66. The predicted octanol–water partition coefficient (Wildman–Crippen LogP) is 2.16. The molecule has 0 aliphatic carbocycles. The number of carbonyl (C=O) groups is 1. The average Bonchev–Trinajstić information content (AvgIpc) is 2.56. The van der Waals surface area contributed by atoms with Crippen LogP contribution in [0, 0.1) is 0 Å². The van der Waals surface area contributed by atoms with Crippen molar-refractivity contribution in [2.45, 2.75) is 13.0 Å². The van der Waals surface area contributed by atoms with Crippen molar-refractivity contribution >= 4 is 28.5 Å². The van der Waals surface area contributed by atoms with E-state index in [-0.39, 0.29) is 0 Å². The monoisotopic (exact) mass is 358 g/mol. The third-order valence-electron chi connectivity index (χ3n) is 3.28. The molecule has 0 spiro atoms. The largest absolute Gasteiger partial charge is 0.341 e. The zero-order chi connectivity index (χ0) is 12.8. The van der Waals surface area contributed by atoms with E-state index in [2.05, 4.69) is 51.8 Å². The lowest BCUT2D eigenvalue weighted by Crippen LogP contribution is -2.34. The molecule has 4 heteroatoms. The summed E-state index contributed by atoms with van der Waals surface area (Å²) in [4.78, 5) is 16.3. The van der Waals surface area contributed by atoms with Gasteiger partial charge in [-0.2, -0.15) is 0 Å². The molecular weight excluding hydrogens is 339 g/mol. The number of carbonyl (C=O) groups excluding carboxylic acids is 1. The minimum atomic E-state index is 0.308. The van der Waals surface area contributed by atoms with E-state index in [0.29, 0.717) is 12.3 Å². The van der Waals surface area contributed by atoms with Crippen molar-refractivity contribution < 1.29 is 4.79 Å². The molecular formula is C14H19IN2O. The SMILES string of the molecule is O=C1CCN(Cc2ccccc2)CCN1CCI. The van der Waals surface area contributed by atoms with Gasteiger partial charge in [-0.05, 0) is 5.56 Å². The summed E-state index contributed by atoms with van der Waals surface area (Å²) in [6.45, 7) is 4.57. The number of hydrogen-bond donors (Lipinski definition) is 0.